The van der Waals surface area contributed by atoms with E-state index in [1.54, 1.807) is 7.11 Å². The SMILES string of the molecule is COCCn1cc2cc(I)ccc2n1. The molecular formula is C10H11IN2O. The fourth-order valence-electron chi connectivity index (χ4n) is 1.35. The Morgan fingerprint density at radius 3 is 3.14 bits per heavy atom. The van der Waals surface area contributed by atoms with Crippen molar-refractivity contribution in [2.24, 2.45) is 0 Å². The summed E-state index contributed by atoms with van der Waals surface area (Å²) < 4.78 is 8.16. The monoisotopic (exact) mass is 302 g/mol. The summed E-state index contributed by atoms with van der Waals surface area (Å²) in [4.78, 5) is 0. The van der Waals surface area contributed by atoms with Crippen LogP contribution in [0.4, 0.5) is 0 Å². The fourth-order valence-corrected chi connectivity index (χ4v) is 1.86. The van der Waals surface area contributed by atoms with E-state index >= 15 is 0 Å². The Morgan fingerprint density at radius 2 is 2.36 bits per heavy atom. The molecular weight excluding hydrogens is 291 g/mol. The van der Waals surface area contributed by atoms with E-state index in [4.69, 9.17) is 4.74 Å². The Hall–Kier alpha value is -0.620. The minimum absolute atomic E-state index is 0.699. The number of fused-ring (bicyclic) bond motifs is 1. The molecule has 3 nitrogen and oxygen atoms in total. The minimum atomic E-state index is 0.699. The van der Waals surface area contributed by atoms with Gasteiger partial charge in [0.15, 0.2) is 0 Å². The minimum Gasteiger partial charge on any atom is -0.383 e. The highest BCUT2D eigenvalue weighted by atomic mass is 127. The lowest BCUT2D eigenvalue weighted by Crippen LogP contribution is -2.03. The van der Waals surface area contributed by atoms with Gasteiger partial charge in [-0.2, -0.15) is 5.10 Å². The smallest absolute Gasteiger partial charge is 0.0924 e. The van der Waals surface area contributed by atoms with E-state index in [0.717, 1.165) is 12.1 Å². The molecule has 0 bridgehead atoms. The lowest BCUT2D eigenvalue weighted by atomic mass is 10.3. The van der Waals surface area contributed by atoms with Gasteiger partial charge >= 0.3 is 0 Å². The molecule has 4 heteroatoms. The molecule has 1 aromatic carbocycles. The second-order valence-corrected chi connectivity index (χ2v) is 4.33. The maximum Gasteiger partial charge on any atom is 0.0924 e. The number of ether oxygens (including phenoxy) is 1. The van der Waals surface area contributed by atoms with Gasteiger partial charge in [-0.05, 0) is 40.8 Å². The summed E-state index contributed by atoms with van der Waals surface area (Å²) in [5.41, 5.74) is 1.04. The first-order valence-corrected chi connectivity index (χ1v) is 5.49. The first kappa shape index (κ1) is 9.92. The van der Waals surface area contributed by atoms with Crippen LogP contribution in [0.2, 0.25) is 0 Å². The Labute approximate surface area is 96.2 Å². The van der Waals surface area contributed by atoms with Crippen LogP contribution in [-0.2, 0) is 11.3 Å². The van der Waals surface area contributed by atoms with Crippen molar-refractivity contribution in [3.05, 3.63) is 28.0 Å². The number of hydrogen-bond donors (Lipinski definition) is 0. The molecule has 0 saturated carbocycles. The van der Waals surface area contributed by atoms with Crippen LogP contribution in [0.25, 0.3) is 10.9 Å². The summed E-state index contributed by atoms with van der Waals surface area (Å²) in [5, 5.41) is 5.61. The van der Waals surface area contributed by atoms with Crippen LogP contribution < -0.4 is 0 Å². The molecule has 0 radical (unpaired) electrons. The Kier molecular flexibility index (Phi) is 3.02. The van der Waals surface area contributed by atoms with Crippen LogP contribution in [0.15, 0.2) is 24.4 Å². The number of methoxy groups -OCH3 is 1. The first-order chi connectivity index (χ1) is 6.79. The van der Waals surface area contributed by atoms with Crippen molar-refractivity contribution in [3.63, 3.8) is 0 Å². The van der Waals surface area contributed by atoms with E-state index in [1.807, 2.05) is 10.7 Å². The number of hydrogen-bond acceptors (Lipinski definition) is 2. The van der Waals surface area contributed by atoms with E-state index in [9.17, 15) is 0 Å². The molecule has 0 fully saturated rings. The van der Waals surface area contributed by atoms with Gasteiger partial charge in [0.05, 0.1) is 18.7 Å². The summed E-state index contributed by atoms with van der Waals surface area (Å²) in [6.45, 7) is 1.51. The molecule has 1 heterocycles. The third-order valence-corrected chi connectivity index (χ3v) is 2.71. The standard InChI is InChI=1S/C10H11IN2O/c1-14-5-4-13-7-8-6-9(11)2-3-10(8)12-13/h2-3,6-7H,4-5H2,1H3. The van der Waals surface area contributed by atoms with Crippen molar-refractivity contribution in [2.75, 3.05) is 13.7 Å². The van der Waals surface area contributed by atoms with Crippen LogP contribution in [0.3, 0.4) is 0 Å². The zero-order valence-corrected chi connectivity index (χ0v) is 10.1. The average Bonchev–Trinajstić information content (AvgIpc) is 2.56. The van der Waals surface area contributed by atoms with Crippen molar-refractivity contribution in [1.29, 1.82) is 0 Å². The summed E-state index contributed by atoms with van der Waals surface area (Å²) in [5.74, 6) is 0. The molecule has 0 N–H and O–H groups in total. The Bertz CT molecular complexity index is 439. The molecule has 0 amide bonds. The Morgan fingerprint density at radius 1 is 1.50 bits per heavy atom. The molecule has 0 saturated heterocycles. The highest BCUT2D eigenvalue weighted by Crippen LogP contribution is 2.15. The molecule has 2 rings (SSSR count). The highest BCUT2D eigenvalue weighted by Gasteiger charge is 2.00. The van der Waals surface area contributed by atoms with Gasteiger partial charge in [-0.1, -0.05) is 0 Å². The van der Waals surface area contributed by atoms with E-state index < -0.39 is 0 Å². The zero-order chi connectivity index (χ0) is 9.97. The third kappa shape index (κ3) is 2.06. The van der Waals surface area contributed by atoms with Gasteiger partial charge in [-0.15, -0.1) is 0 Å². The lowest BCUT2D eigenvalue weighted by molar-refractivity contribution is 0.184. The maximum atomic E-state index is 5.00. The van der Waals surface area contributed by atoms with Gasteiger partial charge < -0.3 is 4.74 Å². The van der Waals surface area contributed by atoms with Crippen molar-refractivity contribution in [3.8, 4) is 0 Å². The molecule has 0 aliphatic rings. The van der Waals surface area contributed by atoms with Crippen molar-refractivity contribution in [2.45, 2.75) is 6.54 Å². The molecule has 14 heavy (non-hydrogen) atoms. The summed E-state index contributed by atoms with van der Waals surface area (Å²) >= 11 is 2.30. The molecule has 74 valence electrons. The number of rotatable bonds is 3. The van der Waals surface area contributed by atoms with E-state index in [2.05, 4.69) is 46.0 Å². The normalized spacial score (nSPS) is 11.0. The quantitative estimate of drug-likeness (QED) is 0.813. The molecule has 0 aliphatic carbocycles. The second kappa shape index (κ2) is 4.27. The fraction of sp³-hybridized carbons (Fsp3) is 0.300. The predicted octanol–water partition coefficient (Wildman–Crippen LogP) is 2.29. The van der Waals surface area contributed by atoms with Gasteiger partial charge in [0.2, 0.25) is 0 Å². The van der Waals surface area contributed by atoms with Gasteiger partial charge in [-0.3, -0.25) is 4.68 Å². The van der Waals surface area contributed by atoms with E-state index in [1.165, 1.54) is 8.96 Å². The van der Waals surface area contributed by atoms with E-state index in [0.29, 0.717) is 6.61 Å². The molecule has 2 aromatic rings. The van der Waals surface area contributed by atoms with Crippen LogP contribution in [0, 0.1) is 3.57 Å². The van der Waals surface area contributed by atoms with Crippen LogP contribution in [0.1, 0.15) is 0 Å². The first-order valence-electron chi connectivity index (χ1n) is 4.41. The second-order valence-electron chi connectivity index (χ2n) is 3.09. The topological polar surface area (TPSA) is 27.1 Å². The van der Waals surface area contributed by atoms with Crippen molar-refractivity contribution in [1.82, 2.24) is 9.78 Å². The largest absolute Gasteiger partial charge is 0.383 e. The Balaban J connectivity index is 2.32. The van der Waals surface area contributed by atoms with Crippen LogP contribution in [-0.4, -0.2) is 23.5 Å². The highest BCUT2D eigenvalue weighted by molar-refractivity contribution is 14.1. The molecule has 0 aliphatic heterocycles. The van der Waals surface area contributed by atoms with Gasteiger partial charge in [0, 0.05) is 22.3 Å². The molecule has 1 aromatic heterocycles. The number of nitrogens with zero attached hydrogens (tertiary/aromatic N) is 2. The third-order valence-electron chi connectivity index (χ3n) is 2.04. The van der Waals surface area contributed by atoms with Gasteiger partial charge in [-0.25, -0.2) is 0 Å². The van der Waals surface area contributed by atoms with Crippen LogP contribution in [0.5, 0.6) is 0 Å². The summed E-state index contributed by atoms with van der Waals surface area (Å²) in [6.07, 6.45) is 2.05. The van der Waals surface area contributed by atoms with Crippen molar-refractivity contribution >= 4 is 33.5 Å². The van der Waals surface area contributed by atoms with Crippen LogP contribution >= 0.6 is 22.6 Å². The summed E-state index contributed by atoms with van der Waals surface area (Å²) in [6, 6.07) is 6.24. The average molecular weight is 302 g/mol. The summed E-state index contributed by atoms with van der Waals surface area (Å²) in [7, 11) is 1.70. The van der Waals surface area contributed by atoms with Gasteiger partial charge in [0.1, 0.15) is 0 Å². The van der Waals surface area contributed by atoms with Crippen molar-refractivity contribution < 1.29 is 4.74 Å². The maximum absolute atomic E-state index is 5.00. The molecule has 0 unspecified atom stereocenters. The lowest BCUT2D eigenvalue weighted by Gasteiger charge is -1.97. The molecule has 0 spiro atoms. The number of benzene rings is 1. The van der Waals surface area contributed by atoms with E-state index in [-0.39, 0.29) is 0 Å². The number of aromatic nitrogens is 2. The van der Waals surface area contributed by atoms with Gasteiger partial charge in [0.25, 0.3) is 0 Å². The molecule has 0 atom stereocenters. The number of halogens is 1. The predicted molar refractivity (Wildman–Crippen MR) is 64.3 cm³/mol. The zero-order valence-electron chi connectivity index (χ0n) is 7.90.